The van der Waals surface area contributed by atoms with Gasteiger partial charge in [-0.1, -0.05) is 35.3 Å². The van der Waals surface area contributed by atoms with Crippen LogP contribution in [-0.4, -0.2) is 10.9 Å². The molecule has 1 heterocycles. The van der Waals surface area contributed by atoms with Crippen molar-refractivity contribution >= 4 is 29.1 Å². The number of nitrogens with zero attached hydrogens (tertiary/aromatic N) is 1. The maximum atomic E-state index is 10.8. The fourth-order valence-corrected chi connectivity index (χ4v) is 1.88. The fraction of sp³-hybridized carbons (Fsp3) is 0.143. The number of nitrogens with one attached hydrogen (secondary N) is 1. The Bertz CT molecular complexity index is 597. The van der Waals surface area contributed by atoms with E-state index in [-0.39, 0.29) is 5.91 Å². The van der Waals surface area contributed by atoms with Crippen LogP contribution in [0, 0.1) is 0 Å². The van der Waals surface area contributed by atoms with Gasteiger partial charge in [0.1, 0.15) is 0 Å². The second kappa shape index (κ2) is 6.04. The van der Waals surface area contributed by atoms with Gasteiger partial charge in [0.05, 0.1) is 15.7 Å². The lowest BCUT2D eigenvalue weighted by molar-refractivity contribution is -0.119. The molecule has 0 spiro atoms. The Morgan fingerprint density at radius 1 is 1.21 bits per heavy atom. The molecule has 2 rings (SSSR count). The van der Waals surface area contributed by atoms with E-state index >= 15 is 0 Å². The van der Waals surface area contributed by atoms with E-state index in [2.05, 4.69) is 10.3 Å². The van der Waals surface area contributed by atoms with Crippen molar-refractivity contribution in [2.45, 2.75) is 13.5 Å². The van der Waals surface area contributed by atoms with Crippen molar-refractivity contribution in [3.8, 4) is 11.3 Å². The number of rotatable bonds is 3. The topological polar surface area (TPSA) is 42.0 Å². The van der Waals surface area contributed by atoms with Gasteiger partial charge in [-0.3, -0.25) is 9.78 Å². The highest BCUT2D eigenvalue weighted by Gasteiger charge is 2.03. The standard InChI is InChI=1S/C14H12Cl2N2O/c1-9(19)17-7-10-2-5-14(18-8-10)11-3-4-12(15)13(16)6-11/h2-6,8H,7H2,1H3,(H,17,19). The van der Waals surface area contributed by atoms with Crippen LogP contribution in [0.5, 0.6) is 0 Å². The van der Waals surface area contributed by atoms with Gasteiger partial charge < -0.3 is 5.32 Å². The van der Waals surface area contributed by atoms with Crippen molar-refractivity contribution in [2.75, 3.05) is 0 Å². The summed E-state index contributed by atoms with van der Waals surface area (Å²) in [6, 6.07) is 9.19. The van der Waals surface area contributed by atoms with Gasteiger partial charge in [0.25, 0.3) is 0 Å². The minimum atomic E-state index is -0.0615. The Balaban J connectivity index is 2.17. The summed E-state index contributed by atoms with van der Waals surface area (Å²) in [6.07, 6.45) is 1.73. The smallest absolute Gasteiger partial charge is 0.217 e. The van der Waals surface area contributed by atoms with E-state index in [1.807, 2.05) is 18.2 Å². The molecule has 1 N–H and O–H groups in total. The number of benzene rings is 1. The molecule has 0 fully saturated rings. The van der Waals surface area contributed by atoms with Crippen molar-refractivity contribution in [2.24, 2.45) is 0 Å². The molecule has 0 saturated carbocycles. The van der Waals surface area contributed by atoms with Crippen LogP contribution in [0.4, 0.5) is 0 Å². The van der Waals surface area contributed by atoms with Crippen molar-refractivity contribution < 1.29 is 4.79 Å². The van der Waals surface area contributed by atoms with Crippen molar-refractivity contribution in [1.82, 2.24) is 10.3 Å². The van der Waals surface area contributed by atoms with E-state index < -0.39 is 0 Å². The molecule has 19 heavy (non-hydrogen) atoms. The van der Waals surface area contributed by atoms with Gasteiger partial charge in [-0.2, -0.15) is 0 Å². The van der Waals surface area contributed by atoms with Crippen LogP contribution in [0.2, 0.25) is 10.0 Å². The number of amides is 1. The number of carbonyl (C=O) groups excluding carboxylic acids is 1. The summed E-state index contributed by atoms with van der Waals surface area (Å²) in [5.74, 6) is -0.0615. The predicted octanol–water partition coefficient (Wildman–Crippen LogP) is 3.69. The summed E-state index contributed by atoms with van der Waals surface area (Å²) in [6.45, 7) is 1.96. The first-order chi connectivity index (χ1) is 9.06. The van der Waals surface area contributed by atoms with Gasteiger partial charge in [-0.05, 0) is 23.8 Å². The Hall–Kier alpha value is -1.58. The van der Waals surface area contributed by atoms with Crippen LogP contribution in [0.15, 0.2) is 36.5 Å². The van der Waals surface area contributed by atoms with E-state index in [1.165, 1.54) is 6.92 Å². The lowest BCUT2D eigenvalue weighted by atomic mass is 10.1. The summed E-state index contributed by atoms with van der Waals surface area (Å²) < 4.78 is 0. The zero-order valence-electron chi connectivity index (χ0n) is 10.3. The number of carbonyl (C=O) groups is 1. The molecular weight excluding hydrogens is 283 g/mol. The molecule has 3 nitrogen and oxygen atoms in total. The third-order valence-electron chi connectivity index (χ3n) is 2.58. The van der Waals surface area contributed by atoms with Crippen molar-refractivity contribution in [1.29, 1.82) is 0 Å². The summed E-state index contributed by atoms with van der Waals surface area (Å²) in [5.41, 5.74) is 2.66. The molecule has 0 radical (unpaired) electrons. The van der Waals surface area contributed by atoms with Crippen LogP contribution >= 0.6 is 23.2 Å². The summed E-state index contributed by atoms with van der Waals surface area (Å²) in [4.78, 5) is 15.2. The molecular formula is C14H12Cl2N2O. The van der Waals surface area contributed by atoms with Gasteiger partial charge in [0.2, 0.25) is 5.91 Å². The molecule has 0 aliphatic rings. The van der Waals surface area contributed by atoms with Crippen molar-refractivity contribution in [3.63, 3.8) is 0 Å². The third kappa shape index (κ3) is 3.69. The molecule has 1 aromatic carbocycles. The first kappa shape index (κ1) is 13.8. The number of aromatic nitrogens is 1. The van der Waals surface area contributed by atoms with Crippen LogP contribution in [0.1, 0.15) is 12.5 Å². The lowest BCUT2D eigenvalue weighted by Gasteiger charge is -2.05. The maximum Gasteiger partial charge on any atom is 0.217 e. The molecule has 5 heteroatoms. The summed E-state index contributed by atoms with van der Waals surface area (Å²) in [7, 11) is 0. The minimum absolute atomic E-state index is 0.0615. The zero-order valence-corrected chi connectivity index (χ0v) is 11.8. The van der Waals surface area contributed by atoms with E-state index in [4.69, 9.17) is 23.2 Å². The Kier molecular flexibility index (Phi) is 4.40. The predicted molar refractivity (Wildman–Crippen MR) is 77.2 cm³/mol. The number of pyridine rings is 1. The first-order valence-corrected chi connectivity index (χ1v) is 6.46. The van der Waals surface area contributed by atoms with Crippen LogP contribution in [0.3, 0.4) is 0 Å². The van der Waals surface area contributed by atoms with Crippen LogP contribution < -0.4 is 5.32 Å². The summed E-state index contributed by atoms with van der Waals surface area (Å²) in [5, 5.41) is 3.74. The van der Waals surface area contributed by atoms with E-state index in [1.54, 1.807) is 18.3 Å². The molecule has 98 valence electrons. The van der Waals surface area contributed by atoms with E-state index in [0.29, 0.717) is 16.6 Å². The Morgan fingerprint density at radius 2 is 2.00 bits per heavy atom. The second-order valence-corrected chi connectivity index (χ2v) is 4.90. The minimum Gasteiger partial charge on any atom is -0.352 e. The van der Waals surface area contributed by atoms with E-state index in [9.17, 15) is 4.79 Å². The largest absolute Gasteiger partial charge is 0.352 e. The lowest BCUT2D eigenvalue weighted by Crippen LogP contribution is -2.18. The molecule has 0 saturated heterocycles. The van der Waals surface area contributed by atoms with Crippen molar-refractivity contribution in [3.05, 3.63) is 52.1 Å². The van der Waals surface area contributed by atoms with Gasteiger partial charge >= 0.3 is 0 Å². The quantitative estimate of drug-likeness (QED) is 0.938. The van der Waals surface area contributed by atoms with Gasteiger partial charge in [0, 0.05) is 25.2 Å². The monoisotopic (exact) mass is 294 g/mol. The molecule has 1 amide bonds. The highest BCUT2D eigenvalue weighted by Crippen LogP contribution is 2.27. The molecule has 0 aliphatic carbocycles. The van der Waals surface area contributed by atoms with Gasteiger partial charge in [0.15, 0.2) is 0 Å². The maximum absolute atomic E-state index is 10.8. The highest BCUT2D eigenvalue weighted by molar-refractivity contribution is 6.42. The molecule has 0 atom stereocenters. The number of hydrogen-bond acceptors (Lipinski definition) is 2. The average Bonchev–Trinajstić information content (AvgIpc) is 2.40. The highest BCUT2D eigenvalue weighted by atomic mass is 35.5. The molecule has 0 unspecified atom stereocenters. The molecule has 1 aromatic heterocycles. The SMILES string of the molecule is CC(=O)NCc1ccc(-c2ccc(Cl)c(Cl)c2)nc1. The number of hydrogen-bond donors (Lipinski definition) is 1. The van der Waals surface area contributed by atoms with Gasteiger partial charge in [-0.15, -0.1) is 0 Å². The Morgan fingerprint density at radius 3 is 2.58 bits per heavy atom. The zero-order chi connectivity index (χ0) is 13.8. The van der Waals surface area contributed by atoms with Gasteiger partial charge in [-0.25, -0.2) is 0 Å². The van der Waals surface area contributed by atoms with Crippen LogP contribution in [-0.2, 0) is 11.3 Å². The number of halogens is 2. The second-order valence-electron chi connectivity index (χ2n) is 4.09. The fourth-order valence-electron chi connectivity index (χ4n) is 1.58. The third-order valence-corrected chi connectivity index (χ3v) is 3.32. The van der Waals surface area contributed by atoms with Crippen LogP contribution in [0.25, 0.3) is 11.3 Å². The molecule has 0 aliphatic heterocycles. The summed E-state index contributed by atoms with van der Waals surface area (Å²) >= 11 is 11.8. The normalized spacial score (nSPS) is 10.3. The first-order valence-electron chi connectivity index (χ1n) is 5.71. The Labute approximate surface area is 121 Å². The van der Waals surface area contributed by atoms with E-state index in [0.717, 1.165) is 16.8 Å². The molecule has 0 bridgehead atoms. The average molecular weight is 295 g/mol. The molecule has 2 aromatic rings.